The van der Waals surface area contributed by atoms with Crippen LogP contribution >= 0.6 is 0 Å². The van der Waals surface area contributed by atoms with Crippen LogP contribution in [-0.4, -0.2) is 34.9 Å². The number of hydrogen-bond acceptors (Lipinski definition) is 3. The maximum absolute atomic E-state index is 13.1. The van der Waals surface area contributed by atoms with E-state index in [1.54, 1.807) is 0 Å². The second kappa shape index (κ2) is 32.5. The average Bonchev–Trinajstić information content (AvgIpc) is 3.01. The molecule has 0 aromatic carbocycles. The number of carbonyl (C=O) groups is 1. The van der Waals surface area contributed by atoms with Gasteiger partial charge in [0.2, 0.25) is 5.91 Å². The van der Waals surface area contributed by atoms with Gasteiger partial charge in [-0.25, -0.2) is 0 Å². The zero-order valence-corrected chi connectivity index (χ0v) is 36.0. The van der Waals surface area contributed by atoms with Crippen LogP contribution in [0.15, 0.2) is 12.2 Å². The Balaban J connectivity index is 4.38. The van der Waals surface area contributed by atoms with Gasteiger partial charge in [0.1, 0.15) is 12.3 Å². The molecule has 4 nitrogen and oxygen atoms in total. The number of rotatable bonds is 36. The molecule has 6 heteroatoms. The molecule has 0 saturated carbocycles. The second-order valence-corrected chi connectivity index (χ2v) is 25.6. The van der Waals surface area contributed by atoms with E-state index in [1.165, 1.54) is 161 Å². The largest absolute Gasteiger partial charge is 0.407 e. The molecule has 0 aromatic rings. The van der Waals surface area contributed by atoms with Gasteiger partial charge in [-0.15, -0.1) is 0 Å². The number of allylic oxidation sites excluding steroid dienone is 1. The minimum Gasteiger partial charge on any atom is -0.407 e. The summed E-state index contributed by atoms with van der Waals surface area (Å²) in [5.41, 5.74) is 0. The first-order valence-corrected chi connectivity index (χ1v) is 28.1. The van der Waals surface area contributed by atoms with Crippen LogP contribution in [0.1, 0.15) is 200 Å². The standard InChI is InChI=1S/C42H87NO3Si2/c1-9-11-13-15-17-19-21-23-24-25-27-29-31-33-35-37-39-41(44)43-42(46-48(6,7)8)40(45-47(3,4)5)38-36-34-32-30-28-26-22-20-18-16-14-12-10-2/h36,38,40,42H,9-35,37,39H2,1-8H3,(H,43,44)/b38-36+. The number of carbonyl (C=O) groups excluding carboxylic acids is 1. The van der Waals surface area contributed by atoms with E-state index in [-0.39, 0.29) is 12.0 Å². The van der Waals surface area contributed by atoms with Gasteiger partial charge in [-0.1, -0.05) is 187 Å². The monoisotopic (exact) mass is 710 g/mol. The summed E-state index contributed by atoms with van der Waals surface area (Å²) >= 11 is 0. The van der Waals surface area contributed by atoms with Crippen LogP contribution < -0.4 is 5.32 Å². The third kappa shape index (κ3) is 35.4. The van der Waals surface area contributed by atoms with Crippen molar-refractivity contribution in [2.24, 2.45) is 0 Å². The third-order valence-corrected chi connectivity index (χ3v) is 11.1. The summed E-state index contributed by atoms with van der Waals surface area (Å²) in [5, 5.41) is 3.26. The number of nitrogens with one attached hydrogen (secondary N) is 1. The number of unbranched alkanes of at least 4 members (excludes halogenated alkanes) is 26. The van der Waals surface area contributed by atoms with Crippen LogP contribution in [0.25, 0.3) is 0 Å². The summed E-state index contributed by atoms with van der Waals surface area (Å²) < 4.78 is 13.2. The van der Waals surface area contributed by atoms with E-state index in [0.29, 0.717) is 6.42 Å². The molecule has 0 spiro atoms. The molecule has 48 heavy (non-hydrogen) atoms. The van der Waals surface area contributed by atoms with Crippen LogP contribution in [0.4, 0.5) is 0 Å². The molecule has 1 amide bonds. The number of amides is 1. The van der Waals surface area contributed by atoms with Gasteiger partial charge in [0.05, 0.1) is 0 Å². The van der Waals surface area contributed by atoms with Crippen LogP contribution in [0.5, 0.6) is 0 Å². The Hall–Kier alpha value is -0.436. The summed E-state index contributed by atoms with van der Waals surface area (Å²) in [4.78, 5) is 13.1. The number of hydrogen-bond donors (Lipinski definition) is 1. The molecular weight excluding hydrogens is 623 g/mol. The fourth-order valence-corrected chi connectivity index (χ4v) is 8.36. The molecule has 0 aliphatic heterocycles. The first-order chi connectivity index (χ1) is 23.0. The highest BCUT2D eigenvalue weighted by molar-refractivity contribution is 6.70. The summed E-state index contributed by atoms with van der Waals surface area (Å²) in [7, 11) is -3.75. The Morgan fingerprint density at radius 2 is 0.833 bits per heavy atom. The molecular formula is C42H87NO3Si2. The Morgan fingerprint density at radius 1 is 0.500 bits per heavy atom. The zero-order chi connectivity index (χ0) is 35.8. The Labute approximate surface area is 304 Å². The highest BCUT2D eigenvalue weighted by Gasteiger charge is 2.31. The summed E-state index contributed by atoms with van der Waals surface area (Å²) in [6.07, 6.45) is 42.0. The minimum absolute atomic E-state index is 0.103. The van der Waals surface area contributed by atoms with Gasteiger partial charge >= 0.3 is 0 Å². The van der Waals surface area contributed by atoms with Crippen LogP contribution in [0.3, 0.4) is 0 Å². The lowest BCUT2D eigenvalue weighted by molar-refractivity contribution is -0.125. The summed E-state index contributed by atoms with van der Waals surface area (Å²) in [5.74, 6) is 0.103. The highest BCUT2D eigenvalue weighted by atomic mass is 28.4. The van der Waals surface area contributed by atoms with Gasteiger partial charge < -0.3 is 14.2 Å². The topological polar surface area (TPSA) is 47.6 Å². The molecule has 0 aliphatic rings. The van der Waals surface area contributed by atoms with Crippen molar-refractivity contribution in [3.63, 3.8) is 0 Å². The van der Waals surface area contributed by atoms with E-state index < -0.39 is 22.9 Å². The molecule has 286 valence electrons. The molecule has 0 rings (SSSR count). The smallest absolute Gasteiger partial charge is 0.222 e. The quantitative estimate of drug-likeness (QED) is 0.0305. The van der Waals surface area contributed by atoms with Crippen molar-refractivity contribution in [3.8, 4) is 0 Å². The van der Waals surface area contributed by atoms with Crippen molar-refractivity contribution in [1.29, 1.82) is 0 Å². The Morgan fingerprint density at radius 3 is 1.19 bits per heavy atom. The van der Waals surface area contributed by atoms with E-state index >= 15 is 0 Å². The van der Waals surface area contributed by atoms with E-state index in [9.17, 15) is 4.79 Å². The molecule has 0 radical (unpaired) electrons. The van der Waals surface area contributed by atoms with Crippen LogP contribution in [0, 0.1) is 0 Å². The first kappa shape index (κ1) is 47.6. The van der Waals surface area contributed by atoms with Gasteiger partial charge in [-0.3, -0.25) is 4.79 Å². The zero-order valence-electron chi connectivity index (χ0n) is 34.0. The molecule has 0 saturated heterocycles. The Bertz CT molecular complexity index is 731. The third-order valence-electron chi connectivity index (χ3n) is 9.13. The fourth-order valence-electron chi connectivity index (χ4n) is 6.39. The maximum Gasteiger partial charge on any atom is 0.222 e. The maximum atomic E-state index is 13.1. The van der Waals surface area contributed by atoms with Crippen LogP contribution in [0.2, 0.25) is 39.3 Å². The lowest BCUT2D eigenvalue weighted by atomic mass is 10.0. The molecule has 0 aliphatic carbocycles. The second-order valence-electron chi connectivity index (χ2n) is 16.7. The molecule has 0 bridgehead atoms. The minimum atomic E-state index is -1.90. The van der Waals surface area contributed by atoms with Crippen molar-refractivity contribution >= 4 is 22.5 Å². The van der Waals surface area contributed by atoms with Gasteiger partial charge in [-0.2, -0.15) is 0 Å². The van der Waals surface area contributed by atoms with Gasteiger partial charge in [0, 0.05) is 6.42 Å². The lowest BCUT2D eigenvalue weighted by Gasteiger charge is -2.35. The molecule has 0 aromatic heterocycles. The van der Waals surface area contributed by atoms with Crippen molar-refractivity contribution < 1.29 is 13.6 Å². The molecule has 2 unspecified atom stereocenters. The average molecular weight is 710 g/mol. The van der Waals surface area contributed by atoms with Gasteiger partial charge in [0.15, 0.2) is 16.6 Å². The highest BCUT2D eigenvalue weighted by Crippen LogP contribution is 2.19. The van der Waals surface area contributed by atoms with Gasteiger partial charge in [-0.05, 0) is 58.5 Å². The van der Waals surface area contributed by atoms with E-state index in [1.807, 2.05) is 0 Å². The molecule has 2 atom stereocenters. The van der Waals surface area contributed by atoms with Crippen molar-refractivity contribution in [2.45, 2.75) is 252 Å². The lowest BCUT2D eigenvalue weighted by Crippen LogP contribution is -2.52. The SMILES string of the molecule is CCCCCCCCCCCCC/C=C/C(O[Si](C)(C)C)C(NC(=O)CCCCCCCCCCCCCCCCCC)O[Si](C)(C)C. The van der Waals surface area contributed by atoms with Crippen molar-refractivity contribution in [1.82, 2.24) is 5.32 Å². The molecule has 0 fully saturated rings. The summed E-state index contributed by atoms with van der Waals surface area (Å²) in [6.45, 7) is 17.8. The predicted octanol–water partition coefficient (Wildman–Crippen LogP) is 14.4. The van der Waals surface area contributed by atoms with E-state index in [0.717, 1.165) is 19.3 Å². The predicted molar refractivity (Wildman–Crippen MR) is 219 cm³/mol. The van der Waals surface area contributed by atoms with Crippen LogP contribution in [-0.2, 0) is 13.6 Å². The first-order valence-electron chi connectivity index (χ1n) is 21.3. The normalized spacial score (nSPS) is 13.8. The van der Waals surface area contributed by atoms with Gasteiger partial charge in [0.25, 0.3) is 0 Å². The van der Waals surface area contributed by atoms with Crippen molar-refractivity contribution in [2.75, 3.05) is 0 Å². The molecule has 0 heterocycles. The van der Waals surface area contributed by atoms with E-state index in [2.05, 4.69) is 70.6 Å². The van der Waals surface area contributed by atoms with Crippen molar-refractivity contribution in [3.05, 3.63) is 12.2 Å². The molecule has 1 N–H and O–H groups in total. The van der Waals surface area contributed by atoms with E-state index in [4.69, 9.17) is 8.85 Å². The summed E-state index contributed by atoms with van der Waals surface area (Å²) in [6, 6.07) is 0. The fraction of sp³-hybridized carbons (Fsp3) is 0.929. The Kier molecular flexibility index (Phi) is 32.2.